The molecule has 0 aliphatic rings. The molecule has 0 unspecified atom stereocenters. The molecule has 0 saturated carbocycles. The van der Waals surface area contributed by atoms with Crippen molar-refractivity contribution in [1.29, 1.82) is 0 Å². The van der Waals surface area contributed by atoms with Crippen LogP contribution in [-0.4, -0.2) is 16.1 Å². The van der Waals surface area contributed by atoms with Gasteiger partial charge in [-0.05, 0) is 13.0 Å². The second-order valence-corrected chi connectivity index (χ2v) is 2.52. The molecule has 0 bridgehead atoms. The van der Waals surface area contributed by atoms with Crippen molar-refractivity contribution in [3.63, 3.8) is 0 Å². The molecule has 4 heteroatoms. The lowest BCUT2D eigenvalue weighted by molar-refractivity contribution is 0.0696. The van der Waals surface area contributed by atoms with Gasteiger partial charge < -0.3 is 5.11 Å². The van der Waals surface area contributed by atoms with Crippen molar-refractivity contribution in [2.24, 2.45) is 0 Å². The van der Waals surface area contributed by atoms with E-state index >= 15 is 0 Å². The number of carboxylic acids is 1. The molecule has 0 amide bonds. The van der Waals surface area contributed by atoms with Crippen LogP contribution in [0.15, 0.2) is 12.3 Å². The number of aryl methyl sites for hydroxylation is 1. The molecule has 3 nitrogen and oxygen atoms in total. The molecule has 11 heavy (non-hydrogen) atoms. The Bertz CT molecular complexity index is 298. The molecule has 0 fully saturated rings. The highest BCUT2D eigenvalue weighted by Gasteiger charge is 2.07. The standard InChI is InChI=1S/C7H6ClNO2/c1-4-2-6(8)5(3-9-4)7(10)11/h2-3H,1H3,(H,10,11). The fourth-order valence-corrected chi connectivity index (χ4v) is 0.971. The molecule has 0 spiro atoms. The van der Waals surface area contributed by atoms with Crippen LogP contribution < -0.4 is 0 Å². The Morgan fingerprint density at radius 3 is 2.82 bits per heavy atom. The summed E-state index contributed by atoms with van der Waals surface area (Å²) in [5.41, 5.74) is 0.747. The van der Waals surface area contributed by atoms with E-state index in [0.717, 1.165) is 0 Å². The monoisotopic (exact) mass is 171 g/mol. The van der Waals surface area contributed by atoms with E-state index in [0.29, 0.717) is 5.69 Å². The van der Waals surface area contributed by atoms with Gasteiger partial charge in [0.05, 0.1) is 10.6 Å². The van der Waals surface area contributed by atoms with E-state index in [1.54, 1.807) is 6.92 Å². The van der Waals surface area contributed by atoms with Crippen LogP contribution in [-0.2, 0) is 0 Å². The molecule has 58 valence electrons. The average molecular weight is 172 g/mol. The Morgan fingerprint density at radius 1 is 1.73 bits per heavy atom. The molecule has 1 rings (SSSR count). The SMILES string of the molecule is Cc1cc(Cl)c(C(=O)O)cn1. The van der Waals surface area contributed by atoms with E-state index in [1.165, 1.54) is 12.3 Å². The van der Waals surface area contributed by atoms with Gasteiger partial charge in [0.15, 0.2) is 0 Å². The Hall–Kier alpha value is -1.09. The Labute approximate surface area is 68.6 Å². The van der Waals surface area contributed by atoms with Crippen LogP contribution in [0.2, 0.25) is 5.02 Å². The lowest BCUT2D eigenvalue weighted by Crippen LogP contribution is -1.98. The summed E-state index contributed by atoms with van der Waals surface area (Å²) in [4.78, 5) is 14.2. The van der Waals surface area contributed by atoms with Gasteiger partial charge in [-0.15, -0.1) is 0 Å². The zero-order valence-corrected chi connectivity index (χ0v) is 6.59. The largest absolute Gasteiger partial charge is 0.478 e. The molecule has 0 aromatic carbocycles. The van der Waals surface area contributed by atoms with Crippen molar-refractivity contribution < 1.29 is 9.90 Å². The number of aromatic carboxylic acids is 1. The number of carbonyl (C=O) groups is 1. The number of hydrogen-bond donors (Lipinski definition) is 1. The van der Waals surface area contributed by atoms with Gasteiger partial charge in [-0.3, -0.25) is 4.98 Å². The fraction of sp³-hybridized carbons (Fsp3) is 0.143. The molecular weight excluding hydrogens is 166 g/mol. The van der Waals surface area contributed by atoms with Crippen LogP contribution >= 0.6 is 11.6 Å². The average Bonchev–Trinajstić information content (AvgIpc) is 1.85. The zero-order chi connectivity index (χ0) is 8.43. The molecule has 1 aromatic rings. The molecule has 0 aliphatic heterocycles. The maximum atomic E-state index is 10.4. The third-order valence-electron chi connectivity index (χ3n) is 1.22. The highest BCUT2D eigenvalue weighted by molar-refractivity contribution is 6.33. The number of pyridine rings is 1. The van der Waals surface area contributed by atoms with Gasteiger partial charge >= 0.3 is 5.97 Å². The normalized spacial score (nSPS) is 9.64. The smallest absolute Gasteiger partial charge is 0.338 e. The fourth-order valence-electron chi connectivity index (χ4n) is 0.684. The summed E-state index contributed by atoms with van der Waals surface area (Å²) in [6.07, 6.45) is 1.25. The Morgan fingerprint density at radius 2 is 2.36 bits per heavy atom. The van der Waals surface area contributed by atoms with E-state index < -0.39 is 5.97 Å². The Balaban J connectivity index is 3.20. The van der Waals surface area contributed by atoms with E-state index in [9.17, 15) is 4.79 Å². The topological polar surface area (TPSA) is 50.2 Å². The van der Waals surface area contributed by atoms with Crippen molar-refractivity contribution in [2.75, 3.05) is 0 Å². The minimum atomic E-state index is -1.05. The van der Waals surface area contributed by atoms with Gasteiger partial charge in [0.2, 0.25) is 0 Å². The van der Waals surface area contributed by atoms with Crippen LogP contribution in [0.3, 0.4) is 0 Å². The van der Waals surface area contributed by atoms with Crippen molar-refractivity contribution in [3.05, 3.63) is 28.5 Å². The number of carboxylic acid groups (broad SMARTS) is 1. The van der Waals surface area contributed by atoms with E-state index in [-0.39, 0.29) is 10.6 Å². The summed E-state index contributed by atoms with van der Waals surface area (Å²) in [5, 5.41) is 8.76. The molecule has 0 atom stereocenters. The summed E-state index contributed by atoms with van der Waals surface area (Å²) in [5.74, 6) is -1.05. The van der Waals surface area contributed by atoms with Crippen LogP contribution in [0.5, 0.6) is 0 Å². The van der Waals surface area contributed by atoms with Crippen LogP contribution in [0, 0.1) is 6.92 Å². The number of rotatable bonds is 1. The third-order valence-corrected chi connectivity index (χ3v) is 1.53. The summed E-state index contributed by atoms with van der Waals surface area (Å²) in [6.45, 7) is 1.75. The highest BCUT2D eigenvalue weighted by atomic mass is 35.5. The van der Waals surface area contributed by atoms with Gasteiger partial charge in [0.25, 0.3) is 0 Å². The molecule has 0 saturated heterocycles. The van der Waals surface area contributed by atoms with Gasteiger partial charge in [0.1, 0.15) is 0 Å². The second kappa shape index (κ2) is 2.88. The first kappa shape index (κ1) is 8.01. The third kappa shape index (κ3) is 1.68. The highest BCUT2D eigenvalue weighted by Crippen LogP contribution is 2.14. The summed E-state index contributed by atoms with van der Waals surface area (Å²) < 4.78 is 0. The molecule has 0 radical (unpaired) electrons. The van der Waals surface area contributed by atoms with Crippen LogP contribution in [0.4, 0.5) is 0 Å². The molecule has 1 aromatic heterocycles. The summed E-state index contributed by atoms with van der Waals surface area (Å²) in [6, 6.07) is 1.52. The summed E-state index contributed by atoms with van der Waals surface area (Å²) >= 11 is 5.60. The predicted octanol–water partition coefficient (Wildman–Crippen LogP) is 1.74. The van der Waals surface area contributed by atoms with Crippen molar-refractivity contribution in [3.8, 4) is 0 Å². The number of nitrogens with zero attached hydrogens (tertiary/aromatic N) is 1. The quantitative estimate of drug-likeness (QED) is 0.700. The number of hydrogen-bond acceptors (Lipinski definition) is 2. The van der Waals surface area contributed by atoms with Crippen molar-refractivity contribution in [2.45, 2.75) is 6.92 Å². The van der Waals surface area contributed by atoms with E-state index in [4.69, 9.17) is 16.7 Å². The number of aromatic nitrogens is 1. The molecule has 1 heterocycles. The predicted molar refractivity (Wildman–Crippen MR) is 40.9 cm³/mol. The first-order valence-electron chi connectivity index (χ1n) is 2.96. The minimum absolute atomic E-state index is 0.0391. The van der Waals surface area contributed by atoms with Gasteiger partial charge in [0, 0.05) is 11.9 Å². The maximum Gasteiger partial charge on any atom is 0.338 e. The molecular formula is C7H6ClNO2. The molecule has 1 N–H and O–H groups in total. The first-order chi connectivity index (χ1) is 5.11. The van der Waals surface area contributed by atoms with Crippen molar-refractivity contribution >= 4 is 17.6 Å². The molecule has 0 aliphatic carbocycles. The van der Waals surface area contributed by atoms with Crippen molar-refractivity contribution in [1.82, 2.24) is 4.98 Å². The lowest BCUT2D eigenvalue weighted by atomic mass is 10.2. The minimum Gasteiger partial charge on any atom is -0.478 e. The van der Waals surface area contributed by atoms with Crippen LogP contribution in [0.1, 0.15) is 16.1 Å². The first-order valence-corrected chi connectivity index (χ1v) is 3.34. The van der Waals surface area contributed by atoms with Gasteiger partial charge in [-0.1, -0.05) is 11.6 Å². The number of halogens is 1. The Kier molecular flexibility index (Phi) is 2.10. The van der Waals surface area contributed by atoms with Gasteiger partial charge in [-0.25, -0.2) is 4.79 Å². The zero-order valence-electron chi connectivity index (χ0n) is 5.84. The van der Waals surface area contributed by atoms with Gasteiger partial charge in [-0.2, -0.15) is 0 Å². The lowest BCUT2D eigenvalue weighted by Gasteiger charge is -1.97. The maximum absolute atomic E-state index is 10.4. The van der Waals surface area contributed by atoms with E-state index in [1.807, 2.05) is 0 Å². The van der Waals surface area contributed by atoms with E-state index in [2.05, 4.69) is 4.98 Å². The summed E-state index contributed by atoms with van der Waals surface area (Å²) in [7, 11) is 0. The van der Waals surface area contributed by atoms with Crippen LogP contribution in [0.25, 0.3) is 0 Å². The second-order valence-electron chi connectivity index (χ2n) is 2.11.